The summed E-state index contributed by atoms with van der Waals surface area (Å²) in [4.78, 5) is 7.69. The minimum absolute atomic E-state index is 0.277. The highest BCUT2D eigenvalue weighted by molar-refractivity contribution is 6.80. The monoisotopic (exact) mass is 386 g/mol. The lowest BCUT2D eigenvalue weighted by Gasteiger charge is -2.16. The van der Waals surface area contributed by atoms with Gasteiger partial charge in [0.2, 0.25) is 0 Å². The maximum atomic E-state index is 6.34. The van der Waals surface area contributed by atoms with Gasteiger partial charge in [-0.1, -0.05) is 54.4 Å². The highest BCUT2D eigenvalue weighted by atomic mass is 35.5. The number of rotatable bonds is 6. The summed E-state index contributed by atoms with van der Waals surface area (Å²) in [6, 6.07) is 12.0. The van der Waals surface area contributed by atoms with Gasteiger partial charge in [-0.15, -0.1) is 0 Å². The number of halogens is 2. The summed E-state index contributed by atoms with van der Waals surface area (Å²) in [7, 11) is 0. The number of aryl methyl sites for hydroxylation is 3. The molecule has 0 saturated carbocycles. The molecule has 3 nitrogen and oxygen atoms in total. The van der Waals surface area contributed by atoms with E-state index in [1.54, 1.807) is 0 Å². The van der Waals surface area contributed by atoms with Gasteiger partial charge in [0.05, 0.1) is 12.3 Å². The fraction of sp³-hybridized carbons (Fsp3) is 0.250. The van der Waals surface area contributed by atoms with E-state index in [4.69, 9.17) is 27.9 Å². The molecule has 2 aromatic carbocycles. The van der Waals surface area contributed by atoms with Gasteiger partial charge in [0.25, 0.3) is 0 Å². The Balaban J connectivity index is 1.91. The molecule has 134 valence electrons. The van der Waals surface area contributed by atoms with E-state index in [1.807, 2.05) is 56.4 Å². The Bertz CT molecular complexity index is 859. The summed E-state index contributed by atoms with van der Waals surface area (Å²) in [5.41, 5.74) is 5.08. The number of aromatic amines is 1. The third kappa shape index (κ3) is 4.32. The quantitative estimate of drug-likeness (QED) is 0.644. The van der Waals surface area contributed by atoms with Gasteiger partial charge in [0.1, 0.15) is 5.82 Å². The third-order valence-electron chi connectivity index (χ3n) is 4.43. The first kappa shape index (κ1) is 19.0. The molecule has 6 heteroatoms. The van der Waals surface area contributed by atoms with E-state index in [1.165, 1.54) is 0 Å². The van der Waals surface area contributed by atoms with Crippen LogP contribution in [0.1, 0.15) is 29.6 Å². The zero-order valence-electron chi connectivity index (χ0n) is 15.1. The van der Waals surface area contributed by atoms with Gasteiger partial charge < -0.3 is 9.64 Å². The highest BCUT2D eigenvalue weighted by Crippen LogP contribution is 2.15. The normalized spacial score (nSPS) is 11.0. The maximum absolute atomic E-state index is 6.34. The summed E-state index contributed by atoms with van der Waals surface area (Å²) < 4.78 is 6.24. The Morgan fingerprint density at radius 1 is 1.00 bits per heavy atom. The van der Waals surface area contributed by atoms with Gasteiger partial charge in [-0.2, -0.15) is 0 Å². The molecule has 0 radical (unpaired) electrons. The van der Waals surface area contributed by atoms with Crippen LogP contribution in [0, 0.1) is 13.8 Å². The van der Waals surface area contributed by atoms with Crippen LogP contribution in [-0.2, 0) is 17.7 Å². The predicted octanol–water partition coefficient (Wildman–Crippen LogP) is 4.22. The van der Waals surface area contributed by atoms with Gasteiger partial charge in [0.15, 0.2) is 0 Å². The Labute approximate surface area is 164 Å². The average molecular weight is 387 g/mol. The third-order valence-corrected chi connectivity index (χ3v) is 5.24. The molecule has 0 amide bonds. The summed E-state index contributed by atoms with van der Waals surface area (Å²) in [6.07, 6.45) is 2.81. The van der Waals surface area contributed by atoms with E-state index < -0.39 is 0 Å². The number of aromatic nitrogens is 2. The van der Waals surface area contributed by atoms with Crippen LogP contribution in [0.5, 0.6) is 0 Å². The number of hydrogen-bond acceptors (Lipinski definition) is 2. The lowest BCUT2D eigenvalue weighted by molar-refractivity contribution is 0.311. The molecular formula is C20H21BCl2N2O. The van der Waals surface area contributed by atoms with Gasteiger partial charge in [-0.05, 0) is 54.5 Å². The zero-order chi connectivity index (χ0) is 18.7. The van der Waals surface area contributed by atoms with Crippen LogP contribution in [0.4, 0.5) is 0 Å². The molecule has 1 aromatic heterocycles. The second-order valence-electron chi connectivity index (χ2n) is 6.40. The van der Waals surface area contributed by atoms with Crippen molar-refractivity contribution >= 4 is 41.0 Å². The van der Waals surface area contributed by atoms with Crippen LogP contribution in [0.3, 0.4) is 0 Å². The molecule has 0 unspecified atom stereocenters. The van der Waals surface area contributed by atoms with Crippen molar-refractivity contribution in [2.75, 3.05) is 0 Å². The average Bonchev–Trinajstić information content (AvgIpc) is 3.09. The Morgan fingerprint density at radius 2 is 1.58 bits per heavy atom. The largest absolute Gasteiger partial charge is 0.419 e. The SMILES string of the molecule is CCc1c[nH]c(COB(c2ccc(C)c(Cl)c2)c2ccc(C)c(Cl)c2)n1. The van der Waals surface area contributed by atoms with Crippen LogP contribution in [0.15, 0.2) is 42.6 Å². The molecule has 3 aromatic rings. The van der Waals surface area contributed by atoms with Crippen LogP contribution in [0.25, 0.3) is 0 Å². The maximum Gasteiger partial charge on any atom is 0.362 e. The lowest BCUT2D eigenvalue weighted by atomic mass is 9.55. The zero-order valence-corrected chi connectivity index (χ0v) is 16.7. The van der Waals surface area contributed by atoms with Crippen molar-refractivity contribution in [3.63, 3.8) is 0 Å². The van der Waals surface area contributed by atoms with Crippen molar-refractivity contribution in [2.24, 2.45) is 0 Å². The standard InChI is InChI=1S/C20H21BCl2N2O/c1-4-17-11-24-20(25-17)12-26-21(15-7-5-13(2)18(22)9-15)16-8-6-14(3)19(23)10-16/h5-11H,4,12H2,1-3H3,(H,24,25). The first-order chi connectivity index (χ1) is 12.5. The molecule has 0 fully saturated rings. The van der Waals surface area contributed by atoms with Crippen LogP contribution >= 0.6 is 23.2 Å². The van der Waals surface area contributed by atoms with Crippen LogP contribution in [-0.4, -0.2) is 16.9 Å². The number of hydrogen-bond donors (Lipinski definition) is 1. The molecule has 1 heterocycles. The highest BCUT2D eigenvalue weighted by Gasteiger charge is 2.23. The van der Waals surface area contributed by atoms with Gasteiger partial charge in [-0.25, -0.2) is 4.98 Å². The van der Waals surface area contributed by atoms with Crippen molar-refractivity contribution in [1.29, 1.82) is 0 Å². The van der Waals surface area contributed by atoms with E-state index in [-0.39, 0.29) is 6.92 Å². The molecule has 0 atom stereocenters. The van der Waals surface area contributed by atoms with Gasteiger partial charge in [0, 0.05) is 16.2 Å². The second-order valence-corrected chi connectivity index (χ2v) is 7.21. The van der Waals surface area contributed by atoms with Crippen LogP contribution < -0.4 is 10.9 Å². The topological polar surface area (TPSA) is 37.9 Å². The number of nitrogens with zero attached hydrogens (tertiary/aromatic N) is 1. The Kier molecular flexibility index (Phi) is 6.07. The van der Waals surface area contributed by atoms with Gasteiger partial charge >= 0.3 is 6.92 Å². The van der Waals surface area contributed by atoms with Crippen molar-refractivity contribution < 1.29 is 4.65 Å². The molecule has 3 rings (SSSR count). The fourth-order valence-corrected chi connectivity index (χ4v) is 3.13. The molecular weight excluding hydrogens is 366 g/mol. The number of nitrogens with one attached hydrogen (secondary N) is 1. The summed E-state index contributed by atoms with van der Waals surface area (Å²) in [5, 5.41) is 1.45. The number of benzene rings is 2. The second kappa shape index (κ2) is 8.30. The van der Waals surface area contributed by atoms with E-state index >= 15 is 0 Å². The Hall–Kier alpha value is -1.75. The molecule has 0 spiro atoms. The fourth-order valence-electron chi connectivity index (χ4n) is 2.75. The number of H-pyrrole nitrogens is 1. The molecule has 0 aliphatic carbocycles. The minimum Gasteiger partial charge on any atom is -0.419 e. The Morgan fingerprint density at radius 3 is 2.04 bits per heavy atom. The molecule has 0 saturated heterocycles. The van der Waals surface area contributed by atoms with E-state index in [0.29, 0.717) is 6.61 Å². The molecule has 0 bridgehead atoms. The minimum atomic E-state index is -0.277. The van der Waals surface area contributed by atoms with Crippen LogP contribution in [0.2, 0.25) is 10.0 Å². The first-order valence-electron chi connectivity index (χ1n) is 8.64. The molecule has 1 N–H and O–H groups in total. The van der Waals surface area contributed by atoms with Crippen molar-refractivity contribution in [1.82, 2.24) is 9.97 Å². The summed E-state index contributed by atoms with van der Waals surface area (Å²) >= 11 is 12.7. The molecule has 0 aliphatic rings. The molecule has 0 aliphatic heterocycles. The first-order valence-corrected chi connectivity index (χ1v) is 9.40. The lowest BCUT2D eigenvalue weighted by Crippen LogP contribution is -2.45. The van der Waals surface area contributed by atoms with Crippen molar-refractivity contribution in [2.45, 2.75) is 33.8 Å². The summed E-state index contributed by atoms with van der Waals surface area (Å²) in [5.74, 6) is 0.809. The van der Waals surface area contributed by atoms with Crippen molar-refractivity contribution in [3.05, 3.63) is 75.3 Å². The smallest absolute Gasteiger partial charge is 0.362 e. The summed E-state index contributed by atoms with van der Waals surface area (Å²) in [6.45, 7) is 6.15. The number of imidazole rings is 1. The van der Waals surface area contributed by atoms with Gasteiger partial charge in [-0.3, -0.25) is 0 Å². The van der Waals surface area contributed by atoms with E-state index in [2.05, 4.69) is 16.9 Å². The predicted molar refractivity (Wildman–Crippen MR) is 110 cm³/mol. The van der Waals surface area contributed by atoms with Crippen molar-refractivity contribution in [3.8, 4) is 0 Å². The van der Waals surface area contributed by atoms with E-state index in [9.17, 15) is 0 Å². The molecule has 26 heavy (non-hydrogen) atoms. The van der Waals surface area contributed by atoms with E-state index in [0.717, 1.165) is 50.0 Å².